The Morgan fingerprint density at radius 3 is 1.06 bits per heavy atom. The summed E-state index contributed by atoms with van der Waals surface area (Å²) in [6, 6.07) is 0. The summed E-state index contributed by atoms with van der Waals surface area (Å²) in [5.74, 6) is 1.07. The number of unbranched alkanes of at least 4 members (excludes halogenated alkanes) is 13. The van der Waals surface area contributed by atoms with Crippen LogP contribution in [-0.4, -0.2) is 5.75 Å². The molecule has 0 aliphatic heterocycles. The molecule has 104 valence electrons. The molecule has 0 bridgehead atoms. The van der Waals surface area contributed by atoms with Crippen molar-refractivity contribution in [2.24, 2.45) is 0 Å². The summed E-state index contributed by atoms with van der Waals surface area (Å²) < 4.78 is 0. The summed E-state index contributed by atoms with van der Waals surface area (Å²) in [4.78, 5) is 0. The van der Waals surface area contributed by atoms with Crippen LogP contribution in [0.1, 0.15) is 96.8 Å². The molecule has 0 heterocycles. The van der Waals surface area contributed by atoms with Gasteiger partial charge in [-0.3, -0.25) is 0 Å². The summed E-state index contributed by atoms with van der Waals surface area (Å²) in [6.45, 7) is 2.29. The lowest BCUT2D eigenvalue weighted by Crippen LogP contribution is -1.83. The third-order valence-corrected chi connectivity index (χ3v) is 3.83. The Kier molecular flexibility index (Phi) is 16.7. The van der Waals surface area contributed by atoms with Crippen LogP contribution in [0.5, 0.6) is 0 Å². The molecule has 0 aromatic heterocycles. The van der Waals surface area contributed by atoms with Crippen molar-refractivity contribution >= 4 is 12.6 Å². The van der Waals surface area contributed by atoms with Crippen LogP contribution in [0, 0.1) is 0 Å². The van der Waals surface area contributed by atoms with Gasteiger partial charge >= 0.3 is 0 Å². The van der Waals surface area contributed by atoms with E-state index in [9.17, 15) is 0 Å². The normalized spacial score (nSPS) is 10.9. The van der Waals surface area contributed by atoms with Gasteiger partial charge in [-0.25, -0.2) is 0 Å². The zero-order valence-electron chi connectivity index (χ0n) is 12.1. The topological polar surface area (TPSA) is 0 Å². The first-order valence-corrected chi connectivity index (χ1v) is 8.66. The average molecular weight is 259 g/mol. The van der Waals surface area contributed by atoms with Crippen molar-refractivity contribution in [2.75, 3.05) is 5.75 Å². The third kappa shape index (κ3) is 16.4. The largest absolute Gasteiger partial charge is 0.179 e. The van der Waals surface area contributed by atoms with Crippen molar-refractivity contribution < 1.29 is 0 Å². The molecular weight excluding hydrogens is 224 g/mol. The molecule has 0 nitrogen and oxygen atoms in total. The molecule has 17 heavy (non-hydrogen) atoms. The predicted molar refractivity (Wildman–Crippen MR) is 84.2 cm³/mol. The summed E-state index contributed by atoms with van der Waals surface area (Å²) in [6.07, 6.45) is 20.1. The smallest absolute Gasteiger partial charge is 0.00979 e. The molecule has 1 heteroatoms. The Hall–Kier alpha value is 0.350. The van der Waals surface area contributed by atoms with Crippen LogP contribution in [0.25, 0.3) is 0 Å². The monoisotopic (exact) mass is 258 g/mol. The number of hydrogen-bond donors (Lipinski definition) is 1. The summed E-state index contributed by atoms with van der Waals surface area (Å²) in [5.41, 5.74) is 0. The Balaban J connectivity index is 2.85. The van der Waals surface area contributed by atoms with E-state index in [1.807, 2.05) is 0 Å². The van der Waals surface area contributed by atoms with E-state index in [0.29, 0.717) is 0 Å². The molecule has 0 rings (SSSR count). The fourth-order valence-electron chi connectivity index (χ4n) is 2.31. The highest BCUT2D eigenvalue weighted by Gasteiger charge is 1.93. The van der Waals surface area contributed by atoms with E-state index in [2.05, 4.69) is 19.6 Å². The van der Waals surface area contributed by atoms with Gasteiger partial charge < -0.3 is 0 Å². The first kappa shape index (κ1) is 17.4. The Labute approximate surface area is 115 Å². The van der Waals surface area contributed by atoms with Crippen molar-refractivity contribution in [1.82, 2.24) is 0 Å². The second-order valence-corrected chi connectivity index (χ2v) is 5.77. The quantitative estimate of drug-likeness (QED) is 0.270. The second-order valence-electron chi connectivity index (χ2n) is 5.32. The summed E-state index contributed by atoms with van der Waals surface area (Å²) in [7, 11) is 0. The van der Waals surface area contributed by atoms with Gasteiger partial charge in [-0.1, -0.05) is 90.4 Å². The van der Waals surface area contributed by atoms with E-state index in [-0.39, 0.29) is 0 Å². The molecule has 0 amide bonds. The van der Waals surface area contributed by atoms with Gasteiger partial charge in [0.1, 0.15) is 0 Å². The summed E-state index contributed by atoms with van der Waals surface area (Å²) >= 11 is 4.23. The minimum atomic E-state index is 1.07. The van der Waals surface area contributed by atoms with Gasteiger partial charge in [0.25, 0.3) is 0 Å². The van der Waals surface area contributed by atoms with Crippen LogP contribution in [0.4, 0.5) is 0 Å². The van der Waals surface area contributed by atoms with E-state index < -0.39 is 0 Å². The van der Waals surface area contributed by atoms with E-state index in [4.69, 9.17) is 0 Å². The van der Waals surface area contributed by atoms with Crippen LogP contribution in [0.3, 0.4) is 0 Å². The maximum Gasteiger partial charge on any atom is -0.00979 e. The fraction of sp³-hybridized carbons (Fsp3) is 1.00. The molecule has 0 saturated carbocycles. The van der Waals surface area contributed by atoms with Gasteiger partial charge in [0.15, 0.2) is 0 Å². The average Bonchev–Trinajstić information content (AvgIpc) is 2.35. The van der Waals surface area contributed by atoms with Gasteiger partial charge in [0.05, 0.1) is 0 Å². The summed E-state index contributed by atoms with van der Waals surface area (Å²) in [5, 5.41) is 0. The molecule has 0 aliphatic rings. The van der Waals surface area contributed by atoms with Crippen molar-refractivity contribution in [3.05, 3.63) is 0 Å². The van der Waals surface area contributed by atoms with Crippen molar-refractivity contribution in [2.45, 2.75) is 96.8 Å². The highest BCUT2D eigenvalue weighted by atomic mass is 32.1. The van der Waals surface area contributed by atoms with Crippen LogP contribution in [0.2, 0.25) is 0 Å². The molecular formula is C16H34S. The molecule has 0 unspecified atom stereocenters. The predicted octanol–water partition coefficient (Wildman–Crippen LogP) is 6.40. The van der Waals surface area contributed by atoms with Gasteiger partial charge in [-0.2, -0.15) is 12.6 Å². The van der Waals surface area contributed by atoms with Gasteiger partial charge in [0.2, 0.25) is 0 Å². The number of thiol groups is 1. The molecule has 0 aliphatic carbocycles. The van der Waals surface area contributed by atoms with Gasteiger partial charge in [-0.15, -0.1) is 0 Å². The molecule has 0 saturated heterocycles. The minimum absolute atomic E-state index is 1.07. The Bertz CT molecular complexity index is 109. The minimum Gasteiger partial charge on any atom is -0.179 e. The standard InChI is InChI=1S/C16H34S/c1-2-3-4-5-6-7-8-9-10-11-12-13-14-15-16-17/h17H,2-16H2,1H3. The lowest BCUT2D eigenvalue weighted by Gasteiger charge is -2.02. The van der Waals surface area contributed by atoms with E-state index in [1.165, 1.54) is 89.9 Å². The number of rotatable bonds is 14. The van der Waals surface area contributed by atoms with Crippen molar-refractivity contribution in [3.8, 4) is 0 Å². The lowest BCUT2D eigenvalue weighted by molar-refractivity contribution is 0.538. The molecule has 0 radical (unpaired) electrons. The maximum absolute atomic E-state index is 4.23. The van der Waals surface area contributed by atoms with E-state index >= 15 is 0 Å². The third-order valence-electron chi connectivity index (χ3n) is 3.51. The van der Waals surface area contributed by atoms with Crippen LogP contribution in [-0.2, 0) is 0 Å². The van der Waals surface area contributed by atoms with Crippen LogP contribution in [0.15, 0.2) is 0 Å². The first-order valence-electron chi connectivity index (χ1n) is 8.02. The lowest BCUT2D eigenvalue weighted by atomic mass is 10.0. The molecule has 0 N–H and O–H groups in total. The van der Waals surface area contributed by atoms with Crippen LogP contribution >= 0.6 is 12.6 Å². The number of hydrogen-bond acceptors (Lipinski definition) is 1. The van der Waals surface area contributed by atoms with Gasteiger partial charge in [0, 0.05) is 0 Å². The highest BCUT2D eigenvalue weighted by Crippen LogP contribution is 2.12. The second kappa shape index (κ2) is 16.4. The first-order chi connectivity index (χ1) is 8.41. The van der Waals surface area contributed by atoms with Crippen molar-refractivity contribution in [1.29, 1.82) is 0 Å². The molecule has 0 fully saturated rings. The zero-order valence-corrected chi connectivity index (χ0v) is 12.9. The Morgan fingerprint density at radius 1 is 0.471 bits per heavy atom. The Morgan fingerprint density at radius 2 is 0.765 bits per heavy atom. The van der Waals surface area contributed by atoms with E-state index in [1.54, 1.807) is 0 Å². The van der Waals surface area contributed by atoms with Crippen molar-refractivity contribution in [3.63, 3.8) is 0 Å². The molecule has 0 aromatic rings. The van der Waals surface area contributed by atoms with E-state index in [0.717, 1.165) is 5.75 Å². The van der Waals surface area contributed by atoms with Crippen LogP contribution < -0.4 is 0 Å². The fourth-order valence-corrected chi connectivity index (χ4v) is 2.53. The molecule has 0 aromatic carbocycles. The SMILES string of the molecule is CCCCCCCCCCCCCCCCS. The zero-order chi connectivity index (χ0) is 12.6. The molecule has 0 spiro atoms. The maximum atomic E-state index is 4.23. The molecule has 0 atom stereocenters. The highest BCUT2D eigenvalue weighted by molar-refractivity contribution is 7.80. The van der Waals surface area contributed by atoms with Gasteiger partial charge in [-0.05, 0) is 12.2 Å².